The maximum atomic E-state index is 11.1. The molecule has 1 aromatic heterocycles. The molecule has 0 aliphatic rings. The minimum atomic E-state index is 0.135. The summed E-state index contributed by atoms with van der Waals surface area (Å²) in [5, 5.41) is 0. The van der Waals surface area contributed by atoms with Crippen LogP contribution in [0.15, 0.2) is 12.3 Å². The van der Waals surface area contributed by atoms with Crippen LogP contribution in [0.2, 0.25) is 0 Å². The second kappa shape index (κ2) is 3.05. The number of hydrogen-bond donors (Lipinski definition) is 0. The lowest BCUT2D eigenvalue weighted by molar-refractivity contribution is -0.678. The van der Waals surface area contributed by atoms with Gasteiger partial charge in [-0.25, -0.2) is 4.57 Å². The van der Waals surface area contributed by atoms with E-state index in [9.17, 15) is 4.79 Å². The fraction of sp³-hybridized carbons (Fsp3) is 0.400. The minimum absolute atomic E-state index is 0.135. The van der Waals surface area contributed by atoms with Gasteiger partial charge < -0.3 is 0 Å². The van der Waals surface area contributed by atoms with Crippen molar-refractivity contribution >= 4 is 5.78 Å². The average molecular weight is 164 g/mol. The van der Waals surface area contributed by atoms with Crippen molar-refractivity contribution in [2.45, 2.75) is 20.8 Å². The first-order valence-corrected chi connectivity index (χ1v) is 4.01. The van der Waals surface area contributed by atoms with E-state index in [0.717, 1.165) is 16.8 Å². The van der Waals surface area contributed by atoms with Crippen molar-refractivity contribution in [3.8, 4) is 0 Å². The molecule has 0 spiro atoms. The van der Waals surface area contributed by atoms with E-state index in [2.05, 4.69) is 0 Å². The summed E-state index contributed by atoms with van der Waals surface area (Å²) in [4.78, 5) is 11.1. The second-order valence-corrected chi connectivity index (χ2v) is 3.11. The number of aromatic nitrogens is 1. The molecule has 0 aliphatic carbocycles. The molecule has 0 aliphatic heterocycles. The lowest BCUT2D eigenvalue weighted by Crippen LogP contribution is -2.32. The van der Waals surface area contributed by atoms with Crippen LogP contribution in [0.4, 0.5) is 0 Å². The monoisotopic (exact) mass is 164 g/mol. The largest absolute Gasteiger partial charge is 0.294 e. The number of carbonyl (C=O) groups excluding carboxylic acids is 1. The summed E-state index contributed by atoms with van der Waals surface area (Å²) < 4.78 is 2.02. The Morgan fingerprint density at radius 3 is 2.50 bits per heavy atom. The van der Waals surface area contributed by atoms with E-state index >= 15 is 0 Å². The van der Waals surface area contributed by atoms with Crippen molar-refractivity contribution < 1.29 is 9.36 Å². The molecule has 0 bridgehead atoms. The summed E-state index contributed by atoms with van der Waals surface area (Å²) >= 11 is 0. The Morgan fingerprint density at radius 2 is 2.00 bits per heavy atom. The van der Waals surface area contributed by atoms with E-state index in [-0.39, 0.29) is 5.78 Å². The van der Waals surface area contributed by atoms with Gasteiger partial charge in [-0.1, -0.05) is 0 Å². The van der Waals surface area contributed by atoms with Crippen molar-refractivity contribution in [3.05, 3.63) is 29.1 Å². The number of nitrogens with zero attached hydrogens (tertiary/aromatic N) is 1. The Morgan fingerprint density at radius 1 is 1.42 bits per heavy atom. The molecule has 0 radical (unpaired) electrons. The predicted octanol–water partition coefficient (Wildman–Crippen LogP) is 1.33. The highest BCUT2D eigenvalue weighted by Crippen LogP contribution is 2.08. The molecule has 0 aromatic carbocycles. The van der Waals surface area contributed by atoms with Gasteiger partial charge in [-0.05, 0) is 13.8 Å². The van der Waals surface area contributed by atoms with Crippen molar-refractivity contribution in [2.75, 3.05) is 0 Å². The quantitative estimate of drug-likeness (QED) is 0.453. The SMILES string of the molecule is CC(=O)c1cc[n+](C)c(C)c1C. The topological polar surface area (TPSA) is 20.9 Å². The van der Waals surface area contributed by atoms with E-state index < -0.39 is 0 Å². The number of pyridine rings is 1. The molecule has 12 heavy (non-hydrogen) atoms. The van der Waals surface area contributed by atoms with Crippen molar-refractivity contribution in [2.24, 2.45) is 7.05 Å². The molecule has 0 amide bonds. The number of rotatable bonds is 1. The van der Waals surface area contributed by atoms with Crippen LogP contribution in [-0.4, -0.2) is 5.78 Å². The zero-order chi connectivity index (χ0) is 9.30. The summed E-state index contributed by atoms with van der Waals surface area (Å²) in [5.41, 5.74) is 3.04. The lowest BCUT2D eigenvalue weighted by atomic mass is 10.1. The Bertz CT molecular complexity index is 329. The normalized spacial score (nSPS) is 10.0. The summed E-state index contributed by atoms with van der Waals surface area (Å²) in [7, 11) is 1.98. The molecule has 1 aromatic rings. The first-order valence-electron chi connectivity index (χ1n) is 4.01. The molecule has 0 unspecified atom stereocenters. The third-order valence-electron chi connectivity index (χ3n) is 2.32. The fourth-order valence-corrected chi connectivity index (χ4v) is 1.26. The van der Waals surface area contributed by atoms with Crippen molar-refractivity contribution in [3.63, 3.8) is 0 Å². The van der Waals surface area contributed by atoms with Crippen LogP contribution in [0, 0.1) is 13.8 Å². The first kappa shape index (κ1) is 8.91. The first-order chi connectivity index (χ1) is 5.54. The van der Waals surface area contributed by atoms with Gasteiger partial charge in [0.2, 0.25) is 0 Å². The molecule has 2 heteroatoms. The van der Waals surface area contributed by atoms with E-state index in [4.69, 9.17) is 0 Å². The molecule has 1 heterocycles. The van der Waals surface area contributed by atoms with E-state index in [0.29, 0.717) is 0 Å². The molecule has 0 N–H and O–H groups in total. The Kier molecular flexibility index (Phi) is 2.27. The van der Waals surface area contributed by atoms with Crippen LogP contribution in [0.1, 0.15) is 28.5 Å². The van der Waals surface area contributed by atoms with Gasteiger partial charge in [0.1, 0.15) is 7.05 Å². The van der Waals surface area contributed by atoms with Crippen LogP contribution in [0.3, 0.4) is 0 Å². The Labute approximate surface area is 72.8 Å². The van der Waals surface area contributed by atoms with Gasteiger partial charge in [-0.2, -0.15) is 0 Å². The predicted molar refractivity (Wildman–Crippen MR) is 47.1 cm³/mol. The molecule has 1 rings (SSSR count). The smallest absolute Gasteiger partial charge is 0.181 e. The third-order valence-corrected chi connectivity index (χ3v) is 2.32. The maximum absolute atomic E-state index is 11.1. The zero-order valence-electron chi connectivity index (χ0n) is 8.01. The van der Waals surface area contributed by atoms with Crippen LogP contribution in [0.25, 0.3) is 0 Å². The molecule has 0 saturated carbocycles. The van der Waals surface area contributed by atoms with Gasteiger partial charge in [0.25, 0.3) is 0 Å². The number of ketones is 1. The number of aryl methyl sites for hydroxylation is 1. The van der Waals surface area contributed by atoms with Crippen LogP contribution >= 0.6 is 0 Å². The van der Waals surface area contributed by atoms with Crippen LogP contribution in [0.5, 0.6) is 0 Å². The van der Waals surface area contributed by atoms with E-state index in [1.165, 1.54) is 0 Å². The number of Topliss-reactive ketones (excluding diaryl/α,β-unsaturated/α-hetero) is 1. The fourth-order valence-electron chi connectivity index (χ4n) is 1.26. The van der Waals surface area contributed by atoms with Gasteiger partial charge in [-0.3, -0.25) is 4.79 Å². The summed E-state index contributed by atoms with van der Waals surface area (Å²) in [6.07, 6.45) is 1.92. The highest BCUT2D eigenvalue weighted by Gasteiger charge is 2.11. The molecule has 64 valence electrons. The molecule has 0 atom stereocenters. The molecule has 2 nitrogen and oxygen atoms in total. The summed E-state index contributed by atoms with van der Waals surface area (Å²) in [6, 6.07) is 1.87. The van der Waals surface area contributed by atoms with Gasteiger partial charge in [0.15, 0.2) is 17.7 Å². The van der Waals surface area contributed by atoms with Gasteiger partial charge in [0, 0.05) is 24.1 Å². The highest BCUT2D eigenvalue weighted by atomic mass is 16.1. The second-order valence-electron chi connectivity index (χ2n) is 3.11. The minimum Gasteiger partial charge on any atom is -0.294 e. The molecular formula is C10H14NO+. The summed E-state index contributed by atoms with van der Waals surface area (Å²) in [6.45, 7) is 5.59. The van der Waals surface area contributed by atoms with Crippen molar-refractivity contribution in [1.29, 1.82) is 0 Å². The average Bonchev–Trinajstić information content (AvgIpc) is 2.00. The Balaban J connectivity index is 3.36. The van der Waals surface area contributed by atoms with E-state index in [1.807, 2.05) is 37.7 Å². The van der Waals surface area contributed by atoms with Crippen molar-refractivity contribution in [1.82, 2.24) is 0 Å². The van der Waals surface area contributed by atoms with Gasteiger partial charge in [0.05, 0.1) is 0 Å². The maximum Gasteiger partial charge on any atom is 0.181 e. The standard InChI is InChI=1S/C10H14NO/c1-7-8(2)11(4)6-5-10(7)9(3)12/h5-6H,1-4H3/q+1. The zero-order valence-corrected chi connectivity index (χ0v) is 8.01. The highest BCUT2D eigenvalue weighted by molar-refractivity contribution is 5.95. The van der Waals surface area contributed by atoms with E-state index in [1.54, 1.807) is 6.92 Å². The molecular weight excluding hydrogens is 150 g/mol. The van der Waals surface area contributed by atoms with Gasteiger partial charge >= 0.3 is 0 Å². The van der Waals surface area contributed by atoms with Crippen LogP contribution < -0.4 is 4.57 Å². The Hall–Kier alpha value is -1.18. The number of carbonyl (C=O) groups is 1. The lowest BCUT2D eigenvalue weighted by Gasteiger charge is -2.02. The third kappa shape index (κ3) is 1.37. The molecule has 0 fully saturated rings. The number of hydrogen-bond acceptors (Lipinski definition) is 1. The molecule has 0 saturated heterocycles. The summed E-state index contributed by atoms with van der Waals surface area (Å²) in [5.74, 6) is 0.135. The van der Waals surface area contributed by atoms with Crippen LogP contribution in [-0.2, 0) is 7.05 Å². The van der Waals surface area contributed by atoms with Gasteiger partial charge in [-0.15, -0.1) is 0 Å².